The molecular weight excluding hydrogens is 316 g/mol. The zero-order valence-corrected chi connectivity index (χ0v) is 14.5. The topological polar surface area (TPSA) is 82.3 Å². The van der Waals surface area contributed by atoms with Gasteiger partial charge < -0.3 is 15.2 Å². The summed E-state index contributed by atoms with van der Waals surface area (Å²) in [7, 11) is 0. The highest BCUT2D eigenvalue weighted by Gasteiger charge is 2.24. The van der Waals surface area contributed by atoms with E-state index in [1.54, 1.807) is 18.2 Å². The van der Waals surface area contributed by atoms with Gasteiger partial charge in [-0.3, -0.25) is 4.79 Å². The predicted octanol–water partition coefficient (Wildman–Crippen LogP) is 3.05. The lowest BCUT2D eigenvalue weighted by Crippen LogP contribution is -2.41. The van der Waals surface area contributed by atoms with Crippen LogP contribution in [0.3, 0.4) is 0 Å². The minimum absolute atomic E-state index is 0.0189. The van der Waals surface area contributed by atoms with Gasteiger partial charge in [0.1, 0.15) is 11.8 Å². The first kappa shape index (κ1) is 19.0. The Morgan fingerprint density at radius 1 is 1.32 bits per heavy atom. The SMILES string of the molecule is N#CCOc1ccc(/C=C/C(=O)NC(CCO)C2CCCCC2)cc1. The summed E-state index contributed by atoms with van der Waals surface area (Å²) in [4.78, 5) is 12.2. The van der Waals surface area contributed by atoms with E-state index in [1.165, 1.54) is 25.3 Å². The van der Waals surface area contributed by atoms with Crippen LogP contribution in [-0.2, 0) is 4.79 Å². The maximum atomic E-state index is 12.2. The first-order valence-electron chi connectivity index (χ1n) is 8.92. The molecule has 1 amide bonds. The lowest BCUT2D eigenvalue weighted by molar-refractivity contribution is -0.117. The smallest absolute Gasteiger partial charge is 0.244 e. The number of rotatable bonds is 8. The second-order valence-corrected chi connectivity index (χ2v) is 6.37. The van der Waals surface area contributed by atoms with Crippen molar-refractivity contribution in [2.75, 3.05) is 13.2 Å². The van der Waals surface area contributed by atoms with Gasteiger partial charge in [-0.05, 0) is 49.0 Å². The molecule has 1 fully saturated rings. The molecule has 0 bridgehead atoms. The van der Waals surface area contributed by atoms with Crippen LogP contribution in [0.25, 0.3) is 6.08 Å². The van der Waals surface area contributed by atoms with Crippen molar-refractivity contribution < 1.29 is 14.6 Å². The maximum Gasteiger partial charge on any atom is 0.244 e. The van der Waals surface area contributed by atoms with Crippen molar-refractivity contribution in [2.24, 2.45) is 5.92 Å². The number of aliphatic hydroxyl groups excluding tert-OH is 1. The van der Waals surface area contributed by atoms with Crippen LogP contribution in [0.1, 0.15) is 44.1 Å². The Hall–Kier alpha value is -2.32. The van der Waals surface area contributed by atoms with Crippen molar-refractivity contribution >= 4 is 12.0 Å². The Morgan fingerprint density at radius 3 is 2.68 bits per heavy atom. The number of carbonyl (C=O) groups is 1. The van der Waals surface area contributed by atoms with Crippen LogP contribution < -0.4 is 10.1 Å². The summed E-state index contributed by atoms with van der Waals surface area (Å²) < 4.78 is 5.19. The number of benzene rings is 1. The minimum Gasteiger partial charge on any atom is -0.479 e. The maximum absolute atomic E-state index is 12.2. The molecule has 5 heteroatoms. The van der Waals surface area contributed by atoms with Crippen LogP contribution >= 0.6 is 0 Å². The fourth-order valence-electron chi connectivity index (χ4n) is 3.29. The van der Waals surface area contributed by atoms with Gasteiger partial charge in [0, 0.05) is 18.7 Å². The van der Waals surface area contributed by atoms with E-state index < -0.39 is 0 Å². The third kappa shape index (κ3) is 6.60. The van der Waals surface area contributed by atoms with Gasteiger partial charge in [-0.2, -0.15) is 5.26 Å². The molecule has 2 N–H and O–H groups in total. The highest BCUT2D eigenvalue weighted by Crippen LogP contribution is 2.27. The van der Waals surface area contributed by atoms with Crippen LogP contribution in [-0.4, -0.2) is 30.3 Å². The average molecular weight is 342 g/mol. The zero-order valence-electron chi connectivity index (χ0n) is 14.5. The Bertz CT molecular complexity index is 598. The molecule has 1 saturated carbocycles. The summed E-state index contributed by atoms with van der Waals surface area (Å²) in [5.74, 6) is 0.965. The minimum atomic E-state index is -0.131. The number of carbonyl (C=O) groups excluding carboxylic acids is 1. The summed E-state index contributed by atoms with van der Waals surface area (Å²) in [6.45, 7) is 0.111. The first-order valence-corrected chi connectivity index (χ1v) is 8.92. The molecule has 0 aromatic heterocycles. The molecule has 0 aliphatic heterocycles. The Labute approximate surface area is 149 Å². The summed E-state index contributed by atoms with van der Waals surface area (Å²) >= 11 is 0. The van der Waals surface area contributed by atoms with Crippen LogP contribution in [0.5, 0.6) is 5.75 Å². The molecule has 2 rings (SSSR count). The van der Waals surface area contributed by atoms with Crippen molar-refractivity contribution in [3.63, 3.8) is 0 Å². The van der Waals surface area contributed by atoms with Gasteiger partial charge in [0.05, 0.1) is 0 Å². The number of nitrogens with one attached hydrogen (secondary N) is 1. The van der Waals surface area contributed by atoms with E-state index >= 15 is 0 Å². The highest BCUT2D eigenvalue weighted by molar-refractivity contribution is 5.91. The normalized spacial score (nSPS) is 16.3. The molecule has 0 saturated heterocycles. The largest absolute Gasteiger partial charge is 0.479 e. The molecule has 1 aromatic carbocycles. The summed E-state index contributed by atoms with van der Waals surface area (Å²) in [6, 6.07) is 9.18. The van der Waals surface area contributed by atoms with Gasteiger partial charge in [-0.25, -0.2) is 0 Å². The lowest BCUT2D eigenvalue weighted by atomic mass is 9.82. The van der Waals surface area contributed by atoms with Crippen LogP contribution in [0.2, 0.25) is 0 Å². The van der Waals surface area contributed by atoms with Gasteiger partial charge in [-0.15, -0.1) is 0 Å². The van der Waals surface area contributed by atoms with Gasteiger partial charge >= 0.3 is 0 Å². The monoisotopic (exact) mass is 342 g/mol. The third-order valence-electron chi connectivity index (χ3n) is 4.60. The fourth-order valence-corrected chi connectivity index (χ4v) is 3.29. The van der Waals surface area contributed by atoms with Gasteiger partial charge in [-0.1, -0.05) is 31.4 Å². The Balaban J connectivity index is 1.88. The van der Waals surface area contributed by atoms with E-state index in [-0.39, 0.29) is 25.2 Å². The third-order valence-corrected chi connectivity index (χ3v) is 4.60. The molecule has 25 heavy (non-hydrogen) atoms. The molecule has 0 heterocycles. The second-order valence-electron chi connectivity index (χ2n) is 6.37. The van der Waals surface area contributed by atoms with Crippen molar-refractivity contribution in [1.82, 2.24) is 5.32 Å². The van der Waals surface area contributed by atoms with Crippen LogP contribution in [0, 0.1) is 17.2 Å². The quantitative estimate of drug-likeness (QED) is 0.711. The summed E-state index contributed by atoms with van der Waals surface area (Å²) in [6.07, 6.45) is 9.81. The van der Waals surface area contributed by atoms with Crippen LogP contribution in [0.4, 0.5) is 0 Å². The number of hydrogen-bond acceptors (Lipinski definition) is 4. The van der Waals surface area contributed by atoms with Crippen molar-refractivity contribution in [1.29, 1.82) is 5.26 Å². The summed E-state index contributed by atoms with van der Waals surface area (Å²) in [5.41, 5.74) is 0.885. The lowest BCUT2D eigenvalue weighted by Gasteiger charge is -2.30. The average Bonchev–Trinajstić information content (AvgIpc) is 2.66. The number of nitrogens with zero attached hydrogens (tertiary/aromatic N) is 1. The molecule has 5 nitrogen and oxygen atoms in total. The van der Waals surface area contributed by atoms with E-state index in [4.69, 9.17) is 10.00 Å². The standard InChI is InChI=1S/C20H26N2O3/c21-13-15-25-18-9-6-16(7-10-18)8-11-20(24)22-19(12-14-23)17-4-2-1-3-5-17/h6-11,17,19,23H,1-5,12,14-15H2,(H,22,24)/b11-8+. The molecule has 134 valence electrons. The van der Waals surface area contributed by atoms with Crippen LogP contribution in [0.15, 0.2) is 30.3 Å². The van der Waals surface area contributed by atoms with E-state index in [1.807, 2.05) is 18.2 Å². The highest BCUT2D eigenvalue weighted by atomic mass is 16.5. The molecule has 1 aliphatic carbocycles. The molecule has 1 unspecified atom stereocenters. The second kappa shape index (κ2) is 10.5. The number of ether oxygens (including phenoxy) is 1. The molecule has 0 radical (unpaired) electrons. The summed E-state index contributed by atoms with van der Waals surface area (Å²) in [5, 5.41) is 20.8. The van der Waals surface area contributed by atoms with Crippen molar-refractivity contribution in [3.05, 3.63) is 35.9 Å². The molecule has 1 aliphatic rings. The molecule has 1 atom stereocenters. The van der Waals surface area contributed by atoms with Crippen molar-refractivity contribution in [3.8, 4) is 11.8 Å². The Morgan fingerprint density at radius 2 is 2.04 bits per heavy atom. The molecule has 1 aromatic rings. The molecular formula is C20H26N2O3. The van der Waals surface area contributed by atoms with Gasteiger partial charge in [0.25, 0.3) is 0 Å². The van der Waals surface area contributed by atoms with E-state index in [2.05, 4.69) is 5.32 Å². The van der Waals surface area contributed by atoms with E-state index in [9.17, 15) is 9.90 Å². The van der Waals surface area contributed by atoms with E-state index in [0.717, 1.165) is 18.4 Å². The predicted molar refractivity (Wildman–Crippen MR) is 96.8 cm³/mol. The first-order chi connectivity index (χ1) is 12.2. The Kier molecular flexibility index (Phi) is 8.00. The fraction of sp³-hybridized carbons (Fsp3) is 0.500. The van der Waals surface area contributed by atoms with Gasteiger partial charge in [0.15, 0.2) is 6.61 Å². The molecule has 0 spiro atoms. The van der Waals surface area contributed by atoms with E-state index in [0.29, 0.717) is 18.1 Å². The number of amides is 1. The number of nitriles is 1. The van der Waals surface area contributed by atoms with Crippen molar-refractivity contribution in [2.45, 2.75) is 44.6 Å². The van der Waals surface area contributed by atoms with Gasteiger partial charge in [0.2, 0.25) is 5.91 Å². The number of aliphatic hydroxyl groups is 1. The number of hydrogen-bond donors (Lipinski definition) is 2. The zero-order chi connectivity index (χ0) is 17.9.